The molecule has 2 heterocycles. The third-order valence-corrected chi connectivity index (χ3v) is 4.17. The molecular formula is C14H17NO4. The maximum Gasteiger partial charge on any atom is 0.254 e. The SMILES string of the molecule is O=C(c1ccc(O)c(O)c1)N1C2CCC1CC(O)C2. The number of amides is 1. The molecule has 3 rings (SSSR count). The van der Waals surface area contributed by atoms with Crippen LogP contribution < -0.4 is 0 Å². The van der Waals surface area contributed by atoms with E-state index in [4.69, 9.17) is 0 Å². The van der Waals surface area contributed by atoms with Gasteiger partial charge in [-0.25, -0.2) is 0 Å². The van der Waals surface area contributed by atoms with E-state index in [9.17, 15) is 20.1 Å². The molecule has 0 spiro atoms. The highest BCUT2D eigenvalue weighted by Gasteiger charge is 2.42. The van der Waals surface area contributed by atoms with Crippen molar-refractivity contribution in [1.82, 2.24) is 4.90 Å². The van der Waals surface area contributed by atoms with Gasteiger partial charge in [-0.1, -0.05) is 0 Å². The number of phenols is 2. The second-order valence-electron chi connectivity index (χ2n) is 5.43. The molecule has 2 aliphatic heterocycles. The number of rotatable bonds is 1. The molecule has 2 bridgehead atoms. The van der Waals surface area contributed by atoms with Crippen LogP contribution in [0, 0.1) is 0 Å². The Bertz CT molecular complexity index is 502. The Morgan fingerprint density at radius 2 is 1.74 bits per heavy atom. The molecule has 0 aliphatic carbocycles. The first kappa shape index (κ1) is 12.3. The molecule has 19 heavy (non-hydrogen) atoms. The van der Waals surface area contributed by atoms with Gasteiger partial charge in [0.2, 0.25) is 0 Å². The summed E-state index contributed by atoms with van der Waals surface area (Å²) in [5.74, 6) is -0.640. The van der Waals surface area contributed by atoms with Crippen molar-refractivity contribution in [3.8, 4) is 11.5 Å². The summed E-state index contributed by atoms with van der Waals surface area (Å²) < 4.78 is 0. The van der Waals surface area contributed by atoms with E-state index in [0.717, 1.165) is 12.8 Å². The van der Waals surface area contributed by atoms with Gasteiger partial charge < -0.3 is 20.2 Å². The number of piperidine rings is 1. The number of aliphatic hydroxyl groups excluding tert-OH is 1. The molecule has 0 saturated carbocycles. The minimum atomic E-state index is -0.310. The smallest absolute Gasteiger partial charge is 0.254 e. The number of aliphatic hydroxyl groups is 1. The van der Waals surface area contributed by atoms with E-state index in [0.29, 0.717) is 18.4 Å². The average molecular weight is 263 g/mol. The molecule has 2 atom stereocenters. The molecule has 2 saturated heterocycles. The van der Waals surface area contributed by atoms with E-state index in [1.165, 1.54) is 18.2 Å². The Morgan fingerprint density at radius 1 is 1.11 bits per heavy atom. The topological polar surface area (TPSA) is 81.0 Å². The van der Waals surface area contributed by atoms with Crippen LogP contribution in [0.15, 0.2) is 18.2 Å². The third-order valence-electron chi connectivity index (χ3n) is 4.17. The molecule has 1 aromatic carbocycles. The van der Waals surface area contributed by atoms with Crippen molar-refractivity contribution in [1.29, 1.82) is 0 Å². The van der Waals surface area contributed by atoms with E-state index in [1.54, 1.807) is 0 Å². The Morgan fingerprint density at radius 3 is 2.32 bits per heavy atom. The van der Waals surface area contributed by atoms with Crippen LogP contribution in [0.4, 0.5) is 0 Å². The van der Waals surface area contributed by atoms with Crippen LogP contribution >= 0.6 is 0 Å². The van der Waals surface area contributed by atoms with Crippen molar-refractivity contribution >= 4 is 5.91 Å². The Balaban J connectivity index is 1.86. The second kappa shape index (κ2) is 4.42. The van der Waals surface area contributed by atoms with E-state index >= 15 is 0 Å². The standard InChI is InChI=1S/C14H17NO4/c16-11-6-9-2-3-10(7-11)15(9)14(19)8-1-4-12(17)13(18)5-8/h1,4-5,9-11,16-18H,2-3,6-7H2. The first-order valence-corrected chi connectivity index (χ1v) is 6.59. The van der Waals surface area contributed by atoms with Crippen LogP contribution in [0.2, 0.25) is 0 Å². The number of hydrogen-bond donors (Lipinski definition) is 3. The number of hydrogen-bond acceptors (Lipinski definition) is 4. The number of nitrogens with zero attached hydrogens (tertiary/aromatic N) is 1. The number of aromatic hydroxyl groups is 2. The Hall–Kier alpha value is -1.75. The molecule has 2 aliphatic rings. The third kappa shape index (κ3) is 2.04. The lowest BCUT2D eigenvalue weighted by molar-refractivity contribution is 0.0286. The van der Waals surface area contributed by atoms with Crippen molar-refractivity contribution in [2.75, 3.05) is 0 Å². The molecular weight excluding hydrogens is 246 g/mol. The first-order valence-electron chi connectivity index (χ1n) is 6.59. The zero-order valence-electron chi connectivity index (χ0n) is 10.5. The molecule has 3 N–H and O–H groups in total. The highest BCUT2D eigenvalue weighted by Crippen LogP contribution is 2.37. The molecule has 5 nitrogen and oxygen atoms in total. The Labute approximate surface area is 111 Å². The fourth-order valence-electron chi connectivity index (χ4n) is 3.29. The predicted molar refractivity (Wildman–Crippen MR) is 68.0 cm³/mol. The fourth-order valence-corrected chi connectivity index (χ4v) is 3.29. The van der Waals surface area contributed by atoms with Crippen LogP contribution in [0.25, 0.3) is 0 Å². The summed E-state index contributed by atoms with van der Waals surface area (Å²) in [5.41, 5.74) is 0.378. The molecule has 1 amide bonds. The van der Waals surface area contributed by atoms with E-state index in [-0.39, 0.29) is 35.6 Å². The number of fused-ring (bicyclic) bond motifs is 2. The first-order chi connectivity index (χ1) is 9.06. The molecule has 102 valence electrons. The lowest BCUT2D eigenvalue weighted by Gasteiger charge is -2.37. The van der Waals surface area contributed by atoms with Gasteiger partial charge in [0, 0.05) is 17.6 Å². The van der Waals surface area contributed by atoms with Gasteiger partial charge in [0.25, 0.3) is 5.91 Å². The summed E-state index contributed by atoms with van der Waals surface area (Å²) in [6, 6.07) is 4.32. The van der Waals surface area contributed by atoms with Gasteiger partial charge in [-0.15, -0.1) is 0 Å². The largest absolute Gasteiger partial charge is 0.504 e. The predicted octanol–water partition coefficient (Wildman–Crippen LogP) is 1.23. The molecule has 0 radical (unpaired) electrons. The summed E-state index contributed by atoms with van der Waals surface area (Å²) in [6.45, 7) is 0. The van der Waals surface area contributed by atoms with Gasteiger partial charge in [0.15, 0.2) is 11.5 Å². The second-order valence-corrected chi connectivity index (χ2v) is 5.43. The minimum absolute atomic E-state index is 0.0946. The quantitative estimate of drug-likeness (QED) is 0.666. The van der Waals surface area contributed by atoms with Gasteiger partial charge >= 0.3 is 0 Å². The van der Waals surface area contributed by atoms with Crippen molar-refractivity contribution in [2.45, 2.75) is 43.9 Å². The number of benzene rings is 1. The summed E-state index contributed by atoms with van der Waals surface area (Å²) in [4.78, 5) is 14.3. The van der Waals surface area contributed by atoms with E-state index < -0.39 is 0 Å². The fraction of sp³-hybridized carbons (Fsp3) is 0.500. The van der Waals surface area contributed by atoms with Gasteiger partial charge in [0.05, 0.1) is 6.10 Å². The lowest BCUT2D eigenvalue weighted by Crippen LogP contribution is -2.47. The summed E-state index contributed by atoms with van der Waals surface area (Å²) in [7, 11) is 0. The number of carbonyl (C=O) groups excluding carboxylic acids is 1. The molecule has 0 aromatic heterocycles. The minimum Gasteiger partial charge on any atom is -0.504 e. The normalized spacial score (nSPS) is 29.5. The zero-order chi connectivity index (χ0) is 13.6. The van der Waals surface area contributed by atoms with E-state index in [1.807, 2.05) is 4.90 Å². The van der Waals surface area contributed by atoms with Gasteiger partial charge in [-0.3, -0.25) is 4.79 Å². The monoisotopic (exact) mass is 263 g/mol. The zero-order valence-corrected chi connectivity index (χ0v) is 10.5. The number of phenolic OH excluding ortho intramolecular Hbond substituents is 2. The molecule has 2 unspecified atom stereocenters. The number of carbonyl (C=O) groups is 1. The summed E-state index contributed by atoms with van der Waals surface area (Å²) in [6.07, 6.45) is 2.81. The molecule has 1 aromatic rings. The van der Waals surface area contributed by atoms with Crippen molar-refractivity contribution in [3.63, 3.8) is 0 Å². The van der Waals surface area contributed by atoms with Gasteiger partial charge in [-0.05, 0) is 43.9 Å². The van der Waals surface area contributed by atoms with Crippen LogP contribution in [-0.2, 0) is 0 Å². The highest BCUT2D eigenvalue weighted by molar-refractivity contribution is 5.95. The van der Waals surface area contributed by atoms with Crippen LogP contribution in [-0.4, -0.2) is 44.3 Å². The highest BCUT2D eigenvalue weighted by atomic mass is 16.3. The van der Waals surface area contributed by atoms with Gasteiger partial charge in [-0.2, -0.15) is 0 Å². The van der Waals surface area contributed by atoms with Crippen LogP contribution in [0.5, 0.6) is 11.5 Å². The summed E-state index contributed by atoms with van der Waals surface area (Å²) >= 11 is 0. The maximum atomic E-state index is 12.5. The van der Waals surface area contributed by atoms with Crippen molar-refractivity contribution in [2.24, 2.45) is 0 Å². The van der Waals surface area contributed by atoms with Crippen molar-refractivity contribution in [3.05, 3.63) is 23.8 Å². The summed E-state index contributed by atoms with van der Waals surface area (Å²) in [5, 5.41) is 28.5. The van der Waals surface area contributed by atoms with Crippen molar-refractivity contribution < 1.29 is 20.1 Å². The maximum absolute atomic E-state index is 12.5. The molecule has 2 fully saturated rings. The van der Waals surface area contributed by atoms with E-state index in [2.05, 4.69) is 0 Å². The Kier molecular flexibility index (Phi) is 2.86. The van der Waals surface area contributed by atoms with Crippen LogP contribution in [0.3, 0.4) is 0 Å². The average Bonchev–Trinajstić information content (AvgIpc) is 2.64. The molecule has 5 heteroatoms. The van der Waals surface area contributed by atoms with Crippen LogP contribution in [0.1, 0.15) is 36.0 Å². The lowest BCUT2D eigenvalue weighted by atomic mass is 9.98. The van der Waals surface area contributed by atoms with Gasteiger partial charge in [0.1, 0.15) is 0 Å².